The first kappa shape index (κ1) is 14.3. The zero-order chi connectivity index (χ0) is 15.7. The number of hydrogen-bond donors (Lipinski definition) is 0. The molecule has 1 unspecified atom stereocenters. The number of nitrogens with zero attached hydrogens (tertiary/aromatic N) is 2. The minimum absolute atomic E-state index is 0.0223. The predicted octanol–water partition coefficient (Wildman–Crippen LogP) is 3.91. The van der Waals surface area contributed by atoms with Gasteiger partial charge in [0, 0.05) is 12.1 Å². The highest BCUT2D eigenvalue weighted by molar-refractivity contribution is 5.98. The third-order valence-electron chi connectivity index (χ3n) is 4.43. The van der Waals surface area contributed by atoms with Crippen molar-refractivity contribution in [3.8, 4) is 6.07 Å². The van der Waals surface area contributed by atoms with Crippen molar-refractivity contribution in [1.29, 1.82) is 5.26 Å². The molecule has 110 valence electrons. The molecule has 0 fully saturated rings. The van der Waals surface area contributed by atoms with Gasteiger partial charge in [-0.05, 0) is 42.2 Å². The smallest absolute Gasteiger partial charge is 0.255 e. The van der Waals surface area contributed by atoms with Gasteiger partial charge in [0.05, 0.1) is 18.5 Å². The average molecular weight is 290 g/mol. The van der Waals surface area contributed by atoms with Gasteiger partial charge in [-0.1, -0.05) is 36.4 Å². The topological polar surface area (TPSA) is 44.1 Å². The van der Waals surface area contributed by atoms with E-state index in [9.17, 15) is 10.1 Å². The maximum absolute atomic E-state index is 12.7. The third kappa shape index (κ3) is 2.37. The molecule has 1 atom stereocenters. The molecule has 0 aliphatic carbocycles. The van der Waals surface area contributed by atoms with Crippen LogP contribution < -0.4 is 0 Å². The highest BCUT2D eigenvalue weighted by Gasteiger charge is 2.33. The van der Waals surface area contributed by atoms with Crippen molar-refractivity contribution in [1.82, 2.24) is 4.90 Å². The summed E-state index contributed by atoms with van der Waals surface area (Å²) in [6.45, 7) is 4.70. The van der Waals surface area contributed by atoms with Crippen molar-refractivity contribution in [3.05, 3.63) is 70.3 Å². The lowest BCUT2D eigenvalue weighted by Gasteiger charge is -2.27. The Morgan fingerprint density at radius 2 is 1.95 bits per heavy atom. The van der Waals surface area contributed by atoms with Crippen LogP contribution in [0.2, 0.25) is 0 Å². The van der Waals surface area contributed by atoms with Gasteiger partial charge in [0.25, 0.3) is 5.91 Å². The van der Waals surface area contributed by atoms with E-state index in [0.717, 1.165) is 16.7 Å². The number of amides is 1. The summed E-state index contributed by atoms with van der Waals surface area (Å²) in [6.07, 6.45) is 0.308. The van der Waals surface area contributed by atoms with Gasteiger partial charge in [0.15, 0.2) is 0 Å². The van der Waals surface area contributed by atoms with Crippen molar-refractivity contribution < 1.29 is 4.79 Å². The molecule has 3 rings (SSSR count). The molecule has 0 aromatic heterocycles. The van der Waals surface area contributed by atoms with Gasteiger partial charge in [0.1, 0.15) is 0 Å². The van der Waals surface area contributed by atoms with Gasteiger partial charge < -0.3 is 4.90 Å². The molecule has 3 nitrogen and oxygen atoms in total. The fraction of sp³-hybridized carbons (Fsp3) is 0.263. The van der Waals surface area contributed by atoms with E-state index in [4.69, 9.17) is 0 Å². The summed E-state index contributed by atoms with van der Waals surface area (Å²) in [5.41, 5.74) is 5.24. The summed E-state index contributed by atoms with van der Waals surface area (Å²) in [6, 6.07) is 15.9. The molecule has 22 heavy (non-hydrogen) atoms. The molecule has 1 aliphatic rings. The molecular formula is C19H18N2O. The maximum atomic E-state index is 12.7. The average Bonchev–Trinajstić information content (AvgIpc) is 2.85. The van der Waals surface area contributed by atoms with Crippen molar-refractivity contribution in [3.63, 3.8) is 0 Å². The number of carbonyl (C=O) groups excluding carboxylic acids is 1. The third-order valence-corrected chi connectivity index (χ3v) is 4.43. The Kier molecular flexibility index (Phi) is 3.68. The molecule has 0 bridgehead atoms. The lowest BCUT2D eigenvalue weighted by molar-refractivity contribution is 0.0704. The Labute approximate surface area is 130 Å². The molecule has 1 amide bonds. The monoisotopic (exact) mass is 290 g/mol. The van der Waals surface area contributed by atoms with Gasteiger partial charge in [-0.15, -0.1) is 0 Å². The SMILES string of the molecule is Cc1ccc(C(CC#N)N2Cc3ccccc3C2=O)cc1C. The van der Waals surface area contributed by atoms with E-state index >= 15 is 0 Å². The minimum atomic E-state index is -0.191. The molecule has 1 aliphatic heterocycles. The van der Waals surface area contributed by atoms with Crippen LogP contribution in [0.1, 0.15) is 45.1 Å². The zero-order valence-electron chi connectivity index (χ0n) is 12.8. The standard InChI is InChI=1S/C19H18N2O/c1-13-7-8-15(11-14(13)2)18(9-10-20)21-12-16-5-3-4-6-17(16)19(21)22/h3-8,11,18H,9,12H2,1-2H3. The van der Waals surface area contributed by atoms with Crippen molar-refractivity contribution >= 4 is 5.91 Å². The van der Waals surface area contributed by atoms with Crippen molar-refractivity contribution in [2.75, 3.05) is 0 Å². The van der Waals surface area contributed by atoms with Gasteiger partial charge in [-0.25, -0.2) is 0 Å². The van der Waals surface area contributed by atoms with Crippen LogP contribution in [0, 0.1) is 25.2 Å². The quantitative estimate of drug-likeness (QED) is 0.860. The van der Waals surface area contributed by atoms with Crippen LogP contribution in [0.3, 0.4) is 0 Å². The van der Waals surface area contributed by atoms with E-state index in [0.29, 0.717) is 13.0 Å². The van der Waals surface area contributed by atoms with Crippen molar-refractivity contribution in [2.24, 2.45) is 0 Å². The highest BCUT2D eigenvalue weighted by Crippen LogP contribution is 2.33. The summed E-state index contributed by atoms with van der Waals surface area (Å²) < 4.78 is 0. The second-order valence-corrected chi connectivity index (χ2v) is 5.81. The Morgan fingerprint density at radius 3 is 2.64 bits per heavy atom. The molecule has 0 saturated heterocycles. The number of nitriles is 1. The molecule has 0 saturated carbocycles. The van der Waals surface area contributed by atoms with E-state index in [2.05, 4.69) is 32.0 Å². The lowest BCUT2D eigenvalue weighted by atomic mass is 9.98. The Hall–Kier alpha value is -2.60. The highest BCUT2D eigenvalue weighted by atomic mass is 16.2. The normalized spacial score (nSPS) is 14.6. The van der Waals surface area contributed by atoms with Crippen LogP contribution >= 0.6 is 0 Å². The van der Waals surface area contributed by atoms with E-state index in [1.807, 2.05) is 35.2 Å². The largest absolute Gasteiger partial charge is 0.326 e. The minimum Gasteiger partial charge on any atom is -0.326 e. The van der Waals surface area contributed by atoms with Gasteiger partial charge >= 0.3 is 0 Å². The second-order valence-electron chi connectivity index (χ2n) is 5.81. The molecular weight excluding hydrogens is 272 g/mol. The molecule has 3 heteroatoms. The van der Waals surface area contributed by atoms with E-state index in [1.165, 1.54) is 11.1 Å². The number of fused-ring (bicyclic) bond motifs is 1. The van der Waals surface area contributed by atoms with Gasteiger partial charge in [-0.3, -0.25) is 4.79 Å². The van der Waals surface area contributed by atoms with Crippen LogP contribution in [0.5, 0.6) is 0 Å². The molecule has 1 heterocycles. The summed E-state index contributed by atoms with van der Waals surface area (Å²) in [7, 11) is 0. The molecule has 2 aromatic carbocycles. The number of aryl methyl sites for hydroxylation is 2. The summed E-state index contributed by atoms with van der Waals surface area (Å²) in [5, 5.41) is 9.20. The first-order chi connectivity index (χ1) is 10.6. The predicted molar refractivity (Wildman–Crippen MR) is 85.2 cm³/mol. The van der Waals surface area contributed by atoms with Crippen LogP contribution in [0.25, 0.3) is 0 Å². The maximum Gasteiger partial charge on any atom is 0.255 e. The molecule has 2 aromatic rings. The second kappa shape index (κ2) is 5.65. The van der Waals surface area contributed by atoms with Gasteiger partial charge in [0.2, 0.25) is 0 Å². The Bertz CT molecular complexity index is 773. The van der Waals surface area contributed by atoms with E-state index in [-0.39, 0.29) is 11.9 Å². The molecule has 0 N–H and O–H groups in total. The summed E-state index contributed by atoms with van der Waals surface area (Å²) in [5.74, 6) is 0.0223. The molecule has 0 spiro atoms. The number of carbonyl (C=O) groups is 1. The number of benzene rings is 2. The summed E-state index contributed by atoms with van der Waals surface area (Å²) in [4.78, 5) is 14.5. The first-order valence-electron chi connectivity index (χ1n) is 7.45. The van der Waals surface area contributed by atoms with Crippen molar-refractivity contribution in [2.45, 2.75) is 32.9 Å². The van der Waals surface area contributed by atoms with E-state index in [1.54, 1.807) is 0 Å². The zero-order valence-corrected chi connectivity index (χ0v) is 12.8. The lowest BCUT2D eigenvalue weighted by Crippen LogP contribution is -2.29. The number of hydrogen-bond acceptors (Lipinski definition) is 2. The van der Waals surface area contributed by atoms with Crippen LogP contribution in [-0.4, -0.2) is 10.8 Å². The van der Waals surface area contributed by atoms with Crippen LogP contribution in [0.4, 0.5) is 0 Å². The fourth-order valence-corrected chi connectivity index (χ4v) is 2.99. The van der Waals surface area contributed by atoms with E-state index < -0.39 is 0 Å². The van der Waals surface area contributed by atoms with Crippen LogP contribution in [0.15, 0.2) is 42.5 Å². The molecule has 0 radical (unpaired) electrons. The summed E-state index contributed by atoms with van der Waals surface area (Å²) >= 11 is 0. The Balaban J connectivity index is 1.98. The fourth-order valence-electron chi connectivity index (χ4n) is 2.99. The number of rotatable bonds is 3. The van der Waals surface area contributed by atoms with Gasteiger partial charge in [-0.2, -0.15) is 5.26 Å². The first-order valence-corrected chi connectivity index (χ1v) is 7.45. The van der Waals surface area contributed by atoms with Crippen LogP contribution in [-0.2, 0) is 6.54 Å². The Morgan fingerprint density at radius 1 is 1.18 bits per heavy atom.